The lowest BCUT2D eigenvalue weighted by molar-refractivity contribution is -0.00429. The summed E-state index contributed by atoms with van der Waals surface area (Å²) in [6.45, 7) is 0. The first-order chi connectivity index (χ1) is 39.9. The smallest absolute Gasteiger partial charge is 0.157 e. The van der Waals surface area contributed by atoms with Gasteiger partial charge in [-0.2, -0.15) is 0 Å². The molecule has 8 aromatic carbocycles. The summed E-state index contributed by atoms with van der Waals surface area (Å²) in [7, 11) is 0. The fourth-order valence-electron chi connectivity index (χ4n) is 12.1. The Bertz CT molecular complexity index is 4030. The molecule has 0 amide bonds. The van der Waals surface area contributed by atoms with E-state index in [0.717, 1.165) is 78.9 Å². The average molecular weight is 1160 g/mol. The molecule has 4 aliphatic rings. The van der Waals surface area contributed by atoms with Crippen LogP contribution in [-0.4, -0.2) is 127 Å². The number of aliphatic hydroxyl groups is 4. The predicted octanol–water partition coefficient (Wildman–Crippen LogP) is 5.89. The van der Waals surface area contributed by atoms with Gasteiger partial charge in [0.1, 0.15) is 93.4 Å². The van der Waals surface area contributed by atoms with Crippen molar-refractivity contribution in [3.05, 3.63) is 164 Å². The van der Waals surface area contributed by atoms with Gasteiger partial charge < -0.3 is 121 Å². The van der Waals surface area contributed by atoms with Crippen molar-refractivity contribution in [1.82, 2.24) is 0 Å². The molecule has 0 bridgehead atoms. The van der Waals surface area contributed by atoms with E-state index in [-0.39, 0.29) is 44.9 Å². The van der Waals surface area contributed by atoms with Gasteiger partial charge in [0.05, 0.1) is 23.9 Å². The van der Waals surface area contributed by atoms with E-state index in [1.165, 1.54) is 24.3 Å². The van der Waals surface area contributed by atoms with Gasteiger partial charge in [-0.25, -0.2) is 0 Å². The highest BCUT2D eigenvalue weighted by Gasteiger charge is 2.52. The van der Waals surface area contributed by atoms with Crippen molar-refractivity contribution in [2.45, 2.75) is 73.0 Å². The maximum atomic E-state index is 13.0. The molecule has 0 aromatic heterocycles. The van der Waals surface area contributed by atoms with Gasteiger partial charge in [0.15, 0.2) is 64.3 Å². The summed E-state index contributed by atoms with van der Waals surface area (Å²) in [6.07, 6.45) is -14.5. The van der Waals surface area contributed by atoms with Gasteiger partial charge in [0.2, 0.25) is 0 Å². The van der Waals surface area contributed by atoms with Crippen molar-refractivity contribution in [3.63, 3.8) is 0 Å². The highest BCUT2D eigenvalue weighted by molar-refractivity contribution is 5.73. The van der Waals surface area contributed by atoms with Gasteiger partial charge in [-0.3, -0.25) is 0 Å². The lowest BCUT2D eigenvalue weighted by Crippen LogP contribution is -2.39. The third kappa shape index (κ3) is 8.44. The van der Waals surface area contributed by atoms with Gasteiger partial charge in [0.25, 0.3) is 0 Å². The number of ether oxygens (including phenoxy) is 4. The maximum absolute atomic E-state index is 13.0. The van der Waals surface area contributed by atoms with Gasteiger partial charge in [-0.15, -0.1) is 0 Å². The second kappa shape index (κ2) is 19.7. The molecule has 4 aliphatic heterocycles. The summed E-state index contributed by atoms with van der Waals surface area (Å²) in [5, 5.41) is 229. The van der Waals surface area contributed by atoms with Crippen LogP contribution >= 0.6 is 0 Å². The molecule has 0 saturated heterocycles. The largest absolute Gasteiger partial charge is 0.508 e. The molecular formula is C60H50O24. The standard InChI is InChI=1S/C60H50O24/c61-23-13-33(70)42-40(14-23)82-57(20-2-6-26(63)30(67)10-20)53(78)48(42)44-37(74)18-41-47(52(44)77)50(55(80)58(83-41)21-3-7-27(64)31(68)11-21)46-35(72)16-34(71)45-49(54(79)59(84-60(45)46)22-4-8-28(65)32(69)12-22)43-36(73)17-39-24(51(43)76)15-38(75)56(81-39)19-1-5-25(62)29(66)9-19/h1-14,16-18,38,48-50,53-59,61-80H,15H2/t38-,48-,49+,50+,53-,54-,55-,56-,57-,58-,59-/m1/s1. The van der Waals surface area contributed by atoms with Gasteiger partial charge in [0, 0.05) is 75.7 Å². The predicted molar refractivity (Wildman–Crippen MR) is 285 cm³/mol. The van der Waals surface area contributed by atoms with E-state index in [1.807, 2.05) is 0 Å². The van der Waals surface area contributed by atoms with Crippen molar-refractivity contribution < 1.29 is 121 Å². The van der Waals surface area contributed by atoms with Gasteiger partial charge >= 0.3 is 0 Å². The summed E-state index contributed by atoms with van der Waals surface area (Å²) in [5.74, 6) is -18.9. The van der Waals surface area contributed by atoms with Crippen LogP contribution in [0.4, 0.5) is 0 Å². The van der Waals surface area contributed by atoms with Crippen LogP contribution in [0.2, 0.25) is 0 Å². The molecule has 4 heterocycles. The Morgan fingerprint density at radius 2 is 0.643 bits per heavy atom. The van der Waals surface area contributed by atoms with Crippen molar-refractivity contribution in [1.29, 1.82) is 0 Å². The number of phenolic OH excluding ortho intramolecular Hbond substituents is 16. The van der Waals surface area contributed by atoms with Crippen molar-refractivity contribution in [2.24, 2.45) is 0 Å². The zero-order valence-corrected chi connectivity index (χ0v) is 43.0. The highest BCUT2D eigenvalue weighted by Crippen LogP contribution is 2.64. The summed E-state index contributed by atoms with van der Waals surface area (Å²) in [5.41, 5.74) is -3.37. The summed E-state index contributed by atoms with van der Waals surface area (Å²) >= 11 is 0. The van der Waals surface area contributed by atoms with E-state index < -0.39 is 204 Å². The van der Waals surface area contributed by atoms with E-state index in [0.29, 0.717) is 0 Å². The number of phenols is 16. The Morgan fingerprint density at radius 1 is 0.286 bits per heavy atom. The van der Waals surface area contributed by atoms with E-state index >= 15 is 0 Å². The summed E-state index contributed by atoms with van der Waals surface area (Å²) < 4.78 is 25.1. The van der Waals surface area contributed by atoms with Crippen LogP contribution in [0.3, 0.4) is 0 Å². The normalized spacial score (nSPS) is 24.0. The molecule has 0 fully saturated rings. The van der Waals surface area contributed by atoms with Crippen LogP contribution in [0.5, 0.6) is 115 Å². The van der Waals surface area contributed by atoms with E-state index in [1.54, 1.807) is 0 Å². The molecule has 434 valence electrons. The minimum absolute atomic E-state index is 0.00462. The number of hydrogen-bond acceptors (Lipinski definition) is 24. The first-order valence-electron chi connectivity index (χ1n) is 25.7. The number of hydrogen-bond donors (Lipinski definition) is 20. The van der Waals surface area contributed by atoms with Crippen LogP contribution in [0.15, 0.2) is 103 Å². The zero-order valence-electron chi connectivity index (χ0n) is 43.0. The minimum atomic E-state index is -2.15. The molecule has 0 saturated carbocycles. The van der Waals surface area contributed by atoms with Crippen LogP contribution < -0.4 is 18.9 Å². The van der Waals surface area contributed by atoms with Crippen molar-refractivity contribution in [3.8, 4) is 115 Å². The summed E-state index contributed by atoms with van der Waals surface area (Å²) in [4.78, 5) is 0. The number of rotatable bonds is 7. The lowest BCUT2D eigenvalue weighted by Gasteiger charge is -2.43. The Balaban J connectivity index is 1.10. The van der Waals surface area contributed by atoms with E-state index in [9.17, 15) is 102 Å². The molecule has 0 radical (unpaired) electrons. The first-order valence-corrected chi connectivity index (χ1v) is 25.7. The molecule has 84 heavy (non-hydrogen) atoms. The Kier molecular flexibility index (Phi) is 12.7. The second-order valence-corrected chi connectivity index (χ2v) is 21.0. The maximum Gasteiger partial charge on any atom is 0.157 e. The van der Waals surface area contributed by atoms with Gasteiger partial charge in [-0.05, 0) is 70.8 Å². The van der Waals surface area contributed by atoms with Crippen LogP contribution in [-0.2, 0) is 6.42 Å². The molecule has 24 nitrogen and oxygen atoms in total. The fraction of sp³-hybridized carbons (Fsp3) is 0.200. The van der Waals surface area contributed by atoms with Gasteiger partial charge in [-0.1, -0.05) is 24.3 Å². The van der Waals surface area contributed by atoms with Crippen LogP contribution in [0.1, 0.15) is 103 Å². The molecule has 11 atom stereocenters. The molecule has 20 N–H and O–H groups in total. The quantitative estimate of drug-likeness (QED) is 0.0827. The molecule has 8 aromatic rings. The molecule has 0 spiro atoms. The Morgan fingerprint density at radius 3 is 1.11 bits per heavy atom. The molecule has 24 heteroatoms. The molecule has 0 unspecified atom stereocenters. The number of aromatic hydroxyl groups is 16. The molecular weight excluding hydrogens is 1100 g/mol. The zero-order chi connectivity index (χ0) is 59.8. The summed E-state index contributed by atoms with van der Waals surface area (Å²) in [6, 6.07) is 18.2. The van der Waals surface area contributed by atoms with Crippen molar-refractivity contribution in [2.75, 3.05) is 0 Å². The Hall–Kier alpha value is -10.4. The lowest BCUT2D eigenvalue weighted by atomic mass is 9.72. The number of benzene rings is 8. The fourth-order valence-corrected chi connectivity index (χ4v) is 12.1. The minimum Gasteiger partial charge on any atom is -0.508 e. The third-order valence-electron chi connectivity index (χ3n) is 16.0. The number of fused-ring (bicyclic) bond motifs is 4. The van der Waals surface area contributed by atoms with Crippen LogP contribution in [0.25, 0.3) is 0 Å². The Labute approximate surface area is 472 Å². The topological polar surface area (TPSA) is 442 Å². The monoisotopic (exact) mass is 1150 g/mol. The van der Waals surface area contributed by atoms with Crippen molar-refractivity contribution >= 4 is 0 Å². The second-order valence-electron chi connectivity index (χ2n) is 21.0. The number of aliphatic hydroxyl groups excluding tert-OH is 4. The first kappa shape index (κ1) is 54.2. The molecule has 0 aliphatic carbocycles. The SMILES string of the molecule is Oc1cc(O)c2c(c1)O[C@H](c1ccc(O)c(O)c1)[C@H](O)[C@H]2c1c(O)cc2c(c1O)[C@H](c1c(O)cc(O)c3c1O[C@H](c1ccc(O)c(O)c1)[C@H](O)[C@H]3c1c(O)cc3c(c1O)C[C@@H](O)[C@@H](c1ccc(O)c(O)c1)O3)[C@@H](O)[C@@H](c1ccc(O)c(O)c1)O2. The van der Waals surface area contributed by atoms with E-state index in [2.05, 4.69) is 0 Å². The molecule has 12 rings (SSSR count). The highest BCUT2D eigenvalue weighted by atomic mass is 16.5. The third-order valence-corrected chi connectivity index (χ3v) is 16.0. The van der Waals surface area contributed by atoms with Crippen LogP contribution in [0, 0.1) is 0 Å². The average Bonchev–Trinajstić information content (AvgIpc) is 1.63. The van der Waals surface area contributed by atoms with E-state index in [4.69, 9.17) is 18.9 Å².